The predicted molar refractivity (Wildman–Crippen MR) is 70.3 cm³/mol. The lowest BCUT2D eigenvalue weighted by atomic mass is 9.98. The van der Waals surface area contributed by atoms with E-state index < -0.39 is 9.84 Å². The van der Waals surface area contributed by atoms with Gasteiger partial charge >= 0.3 is 0 Å². The predicted octanol–water partition coefficient (Wildman–Crippen LogP) is -0.356. The summed E-state index contributed by atoms with van der Waals surface area (Å²) in [7, 11) is -3.11. The van der Waals surface area contributed by atoms with Gasteiger partial charge in [-0.2, -0.15) is 0 Å². The van der Waals surface area contributed by atoms with Gasteiger partial charge in [-0.05, 0) is 19.3 Å². The van der Waals surface area contributed by atoms with Gasteiger partial charge in [0.2, 0.25) is 11.8 Å². The van der Waals surface area contributed by atoms with Crippen LogP contribution in [0.4, 0.5) is 0 Å². The van der Waals surface area contributed by atoms with Gasteiger partial charge in [0.05, 0.1) is 12.3 Å². The van der Waals surface area contributed by atoms with E-state index in [1.54, 1.807) is 11.8 Å². The number of hydrogen-bond acceptors (Lipinski definition) is 4. The average Bonchev–Trinajstić information content (AvgIpc) is 2.41. The molecule has 2 rings (SSSR count). The number of rotatable bonds is 4. The average molecular weight is 288 g/mol. The first kappa shape index (κ1) is 14.3. The Morgan fingerprint density at radius 2 is 2.00 bits per heavy atom. The monoisotopic (exact) mass is 288 g/mol. The molecule has 0 spiro atoms. The minimum absolute atomic E-state index is 0.0224. The lowest BCUT2D eigenvalue weighted by Crippen LogP contribution is -2.61. The van der Waals surface area contributed by atoms with Crippen LogP contribution in [0, 0.1) is 0 Å². The summed E-state index contributed by atoms with van der Waals surface area (Å²) < 4.78 is 23.0. The molecular formula is C12H20N2O4S. The molecule has 7 heteroatoms. The van der Waals surface area contributed by atoms with Crippen LogP contribution in [0.15, 0.2) is 0 Å². The Bertz CT molecular complexity index is 474. The second kappa shape index (κ2) is 5.48. The van der Waals surface area contributed by atoms with Gasteiger partial charge in [0.25, 0.3) is 0 Å². The van der Waals surface area contributed by atoms with Crippen molar-refractivity contribution >= 4 is 21.7 Å². The second-order valence-corrected chi connectivity index (χ2v) is 7.57. The molecule has 1 atom stereocenters. The number of piperidine rings is 1. The zero-order chi connectivity index (χ0) is 14.0. The van der Waals surface area contributed by atoms with Crippen molar-refractivity contribution in [2.45, 2.75) is 32.2 Å². The Labute approximate surface area is 113 Å². The topological polar surface area (TPSA) is 74.8 Å². The standard InChI is InChI=1S/C12H20N2O4S/c1-2-19(17,18)8-7-13-9-11(15)14-6-4-3-5-10(14)12(13)16/h10H,2-9H2,1H3. The molecule has 0 radical (unpaired) electrons. The first-order chi connectivity index (χ1) is 8.94. The van der Waals surface area contributed by atoms with Gasteiger partial charge < -0.3 is 9.80 Å². The summed E-state index contributed by atoms with van der Waals surface area (Å²) in [6.07, 6.45) is 2.59. The molecule has 6 nitrogen and oxygen atoms in total. The van der Waals surface area contributed by atoms with E-state index in [1.807, 2.05) is 0 Å². The molecule has 2 fully saturated rings. The molecule has 2 heterocycles. The minimum atomic E-state index is -3.11. The van der Waals surface area contributed by atoms with Crippen molar-refractivity contribution in [1.29, 1.82) is 0 Å². The summed E-state index contributed by atoms with van der Waals surface area (Å²) in [5, 5.41) is 0. The smallest absolute Gasteiger partial charge is 0.245 e. The van der Waals surface area contributed by atoms with Crippen molar-refractivity contribution in [3.05, 3.63) is 0 Å². The van der Waals surface area contributed by atoms with Crippen molar-refractivity contribution in [3.8, 4) is 0 Å². The van der Waals surface area contributed by atoms with Gasteiger partial charge in [-0.25, -0.2) is 8.42 Å². The molecule has 0 aromatic heterocycles. The van der Waals surface area contributed by atoms with E-state index in [0.29, 0.717) is 13.0 Å². The Balaban J connectivity index is 2.03. The third kappa shape index (κ3) is 3.08. The van der Waals surface area contributed by atoms with Crippen molar-refractivity contribution in [2.75, 3.05) is 31.1 Å². The van der Waals surface area contributed by atoms with Crippen LogP contribution >= 0.6 is 0 Å². The highest BCUT2D eigenvalue weighted by atomic mass is 32.2. The number of carbonyl (C=O) groups is 2. The number of sulfone groups is 1. The lowest BCUT2D eigenvalue weighted by molar-refractivity contribution is -0.157. The molecular weight excluding hydrogens is 268 g/mol. The highest BCUT2D eigenvalue weighted by molar-refractivity contribution is 7.91. The van der Waals surface area contributed by atoms with Crippen LogP contribution in [0.3, 0.4) is 0 Å². The molecule has 0 aromatic carbocycles. The Hall–Kier alpha value is -1.11. The van der Waals surface area contributed by atoms with E-state index in [1.165, 1.54) is 4.90 Å². The molecule has 19 heavy (non-hydrogen) atoms. The van der Waals surface area contributed by atoms with Gasteiger partial charge in [-0.15, -0.1) is 0 Å². The summed E-state index contributed by atoms with van der Waals surface area (Å²) in [5.41, 5.74) is 0. The van der Waals surface area contributed by atoms with Crippen molar-refractivity contribution in [2.24, 2.45) is 0 Å². The highest BCUT2D eigenvalue weighted by Gasteiger charge is 2.40. The van der Waals surface area contributed by atoms with Crippen molar-refractivity contribution in [3.63, 3.8) is 0 Å². The molecule has 2 aliphatic heterocycles. The van der Waals surface area contributed by atoms with Gasteiger partial charge in [-0.3, -0.25) is 9.59 Å². The molecule has 0 aromatic rings. The van der Waals surface area contributed by atoms with E-state index in [2.05, 4.69) is 0 Å². The zero-order valence-electron chi connectivity index (χ0n) is 11.2. The quantitative estimate of drug-likeness (QED) is 0.708. The summed E-state index contributed by atoms with van der Waals surface area (Å²) in [6, 6.07) is -0.362. The SMILES string of the molecule is CCS(=O)(=O)CCN1CC(=O)N2CCCCC2C1=O. The molecule has 2 amide bonds. The maximum atomic E-state index is 12.2. The van der Waals surface area contributed by atoms with Crippen LogP contribution in [0.1, 0.15) is 26.2 Å². The molecule has 1 unspecified atom stereocenters. The molecule has 0 saturated carbocycles. The van der Waals surface area contributed by atoms with Crippen LogP contribution in [-0.4, -0.2) is 67.2 Å². The number of amides is 2. The van der Waals surface area contributed by atoms with Crippen LogP contribution in [0.5, 0.6) is 0 Å². The van der Waals surface area contributed by atoms with E-state index in [4.69, 9.17) is 0 Å². The first-order valence-electron chi connectivity index (χ1n) is 6.73. The number of piperazine rings is 1. The van der Waals surface area contributed by atoms with Gasteiger partial charge in [-0.1, -0.05) is 6.92 Å². The summed E-state index contributed by atoms with van der Waals surface area (Å²) >= 11 is 0. The third-order valence-electron chi connectivity index (χ3n) is 3.86. The molecule has 0 aliphatic carbocycles. The van der Waals surface area contributed by atoms with Crippen molar-refractivity contribution in [1.82, 2.24) is 9.80 Å². The minimum Gasteiger partial charge on any atom is -0.331 e. The van der Waals surface area contributed by atoms with Crippen LogP contribution in [0.2, 0.25) is 0 Å². The Morgan fingerprint density at radius 3 is 2.68 bits per heavy atom. The largest absolute Gasteiger partial charge is 0.331 e. The normalized spacial score (nSPS) is 24.6. The number of fused-ring (bicyclic) bond motifs is 1. The second-order valence-electron chi connectivity index (χ2n) is 5.09. The number of nitrogens with zero attached hydrogens (tertiary/aromatic N) is 2. The lowest BCUT2D eigenvalue weighted by Gasteiger charge is -2.42. The van der Waals surface area contributed by atoms with Crippen molar-refractivity contribution < 1.29 is 18.0 Å². The fourth-order valence-electron chi connectivity index (χ4n) is 2.61. The van der Waals surface area contributed by atoms with E-state index in [0.717, 1.165) is 12.8 Å². The molecule has 2 saturated heterocycles. The molecule has 108 valence electrons. The Morgan fingerprint density at radius 1 is 1.26 bits per heavy atom. The van der Waals surface area contributed by atoms with E-state index in [-0.39, 0.29) is 42.5 Å². The Kier molecular flexibility index (Phi) is 4.13. The number of hydrogen-bond donors (Lipinski definition) is 0. The first-order valence-corrected chi connectivity index (χ1v) is 8.55. The van der Waals surface area contributed by atoms with Gasteiger partial charge in [0, 0.05) is 18.8 Å². The van der Waals surface area contributed by atoms with Crippen LogP contribution in [-0.2, 0) is 19.4 Å². The fourth-order valence-corrected chi connectivity index (χ4v) is 3.40. The summed E-state index contributed by atoms with van der Waals surface area (Å²) in [6.45, 7) is 2.39. The summed E-state index contributed by atoms with van der Waals surface area (Å²) in [5.74, 6) is -0.142. The number of carbonyl (C=O) groups excluding carboxylic acids is 2. The highest BCUT2D eigenvalue weighted by Crippen LogP contribution is 2.22. The maximum absolute atomic E-state index is 12.2. The molecule has 0 N–H and O–H groups in total. The van der Waals surface area contributed by atoms with Gasteiger partial charge in [0.15, 0.2) is 9.84 Å². The molecule has 2 aliphatic rings. The van der Waals surface area contributed by atoms with Crippen LogP contribution < -0.4 is 0 Å². The zero-order valence-corrected chi connectivity index (χ0v) is 12.0. The van der Waals surface area contributed by atoms with E-state index >= 15 is 0 Å². The van der Waals surface area contributed by atoms with E-state index in [9.17, 15) is 18.0 Å². The molecule has 0 bridgehead atoms. The third-order valence-corrected chi connectivity index (χ3v) is 5.54. The summed E-state index contributed by atoms with van der Waals surface area (Å²) in [4.78, 5) is 27.3. The maximum Gasteiger partial charge on any atom is 0.245 e. The van der Waals surface area contributed by atoms with Crippen LogP contribution in [0.25, 0.3) is 0 Å². The van der Waals surface area contributed by atoms with Gasteiger partial charge in [0.1, 0.15) is 6.04 Å². The fraction of sp³-hybridized carbons (Fsp3) is 0.833.